The number of nitrogens with zero attached hydrogens (tertiary/aromatic N) is 3. The van der Waals surface area contributed by atoms with Crippen LogP contribution in [0, 0.1) is 5.92 Å². The van der Waals surface area contributed by atoms with Crippen molar-refractivity contribution in [2.24, 2.45) is 5.92 Å². The Morgan fingerprint density at radius 2 is 2.47 bits per heavy atom. The van der Waals surface area contributed by atoms with Crippen LogP contribution in [0.2, 0.25) is 0 Å². The highest BCUT2D eigenvalue weighted by atomic mass is 32.1. The number of piperidine rings is 1. The van der Waals surface area contributed by atoms with Gasteiger partial charge in [0, 0.05) is 13.1 Å². The second kappa shape index (κ2) is 4.10. The molecule has 0 spiro atoms. The molecule has 6 heteroatoms. The van der Waals surface area contributed by atoms with E-state index in [0.717, 1.165) is 18.2 Å². The van der Waals surface area contributed by atoms with E-state index in [1.54, 1.807) is 0 Å². The zero-order valence-corrected chi connectivity index (χ0v) is 10.5. The number of hydrogen-bond acceptors (Lipinski definition) is 5. The van der Waals surface area contributed by atoms with Crippen LogP contribution in [0.15, 0.2) is 11.1 Å². The van der Waals surface area contributed by atoms with Crippen molar-refractivity contribution in [3.8, 4) is 0 Å². The lowest BCUT2D eigenvalue weighted by Crippen LogP contribution is -2.34. The van der Waals surface area contributed by atoms with Crippen LogP contribution in [0.3, 0.4) is 0 Å². The molecule has 5 nitrogen and oxygen atoms in total. The van der Waals surface area contributed by atoms with E-state index in [1.165, 1.54) is 30.5 Å². The third-order valence-corrected chi connectivity index (χ3v) is 4.22. The van der Waals surface area contributed by atoms with Crippen LogP contribution < -0.4 is 10.5 Å². The molecule has 0 saturated carbocycles. The lowest BCUT2D eigenvalue weighted by molar-refractivity contribution is 0.446. The van der Waals surface area contributed by atoms with Crippen LogP contribution in [0.25, 0.3) is 10.3 Å². The van der Waals surface area contributed by atoms with Gasteiger partial charge < -0.3 is 9.88 Å². The fourth-order valence-electron chi connectivity index (χ4n) is 2.25. The van der Waals surface area contributed by atoms with Crippen LogP contribution in [-0.2, 0) is 0 Å². The molecule has 1 saturated heterocycles. The second-order valence-corrected chi connectivity index (χ2v) is 5.55. The number of fused-ring (bicyclic) bond motifs is 1. The van der Waals surface area contributed by atoms with Crippen LogP contribution in [0.1, 0.15) is 19.8 Å². The first kappa shape index (κ1) is 10.7. The number of anilines is 1. The highest BCUT2D eigenvalue weighted by Gasteiger charge is 2.20. The SMILES string of the molecule is CC1CCCN(c2nc3nc[nH]c(=O)c3s2)C1. The average molecular weight is 250 g/mol. The molecule has 0 radical (unpaired) electrons. The monoisotopic (exact) mass is 250 g/mol. The molecule has 3 heterocycles. The minimum absolute atomic E-state index is 0.0937. The summed E-state index contributed by atoms with van der Waals surface area (Å²) in [4.78, 5) is 25.0. The molecule has 0 aromatic carbocycles. The van der Waals surface area contributed by atoms with E-state index in [4.69, 9.17) is 0 Å². The highest BCUT2D eigenvalue weighted by Crippen LogP contribution is 2.28. The summed E-state index contributed by atoms with van der Waals surface area (Å²) in [5.74, 6) is 0.696. The molecule has 1 aliphatic heterocycles. The van der Waals surface area contributed by atoms with E-state index in [-0.39, 0.29) is 5.56 Å². The third-order valence-electron chi connectivity index (χ3n) is 3.11. The van der Waals surface area contributed by atoms with Crippen molar-refractivity contribution in [3.05, 3.63) is 16.7 Å². The van der Waals surface area contributed by atoms with Gasteiger partial charge in [-0.05, 0) is 18.8 Å². The Kier molecular flexibility index (Phi) is 2.58. The summed E-state index contributed by atoms with van der Waals surface area (Å²) in [6, 6.07) is 0. The summed E-state index contributed by atoms with van der Waals surface area (Å²) in [7, 11) is 0. The minimum atomic E-state index is -0.0937. The Balaban J connectivity index is 2.00. The van der Waals surface area contributed by atoms with Gasteiger partial charge in [-0.2, -0.15) is 4.98 Å². The lowest BCUT2D eigenvalue weighted by atomic mass is 10.0. The standard InChI is InChI=1S/C11H14N4OS/c1-7-3-2-4-15(5-7)11-14-9-8(17-11)10(16)13-6-12-9/h6-7H,2-5H2,1H3,(H,12,13,16). The Bertz CT molecular complexity index is 590. The summed E-state index contributed by atoms with van der Waals surface area (Å²) >= 11 is 1.44. The van der Waals surface area contributed by atoms with Crippen LogP contribution in [-0.4, -0.2) is 28.0 Å². The molecular weight excluding hydrogens is 236 g/mol. The molecular formula is C11H14N4OS. The molecule has 0 aliphatic carbocycles. The van der Waals surface area contributed by atoms with E-state index in [0.29, 0.717) is 16.3 Å². The maximum atomic E-state index is 11.6. The van der Waals surface area contributed by atoms with Crippen molar-refractivity contribution in [2.45, 2.75) is 19.8 Å². The zero-order valence-electron chi connectivity index (χ0n) is 9.64. The predicted octanol–water partition coefficient (Wildman–Crippen LogP) is 1.62. The molecule has 90 valence electrons. The van der Waals surface area contributed by atoms with Gasteiger partial charge in [-0.15, -0.1) is 0 Å². The van der Waals surface area contributed by atoms with Crippen molar-refractivity contribution in [3.63, 3.8) is 0 Å². The maximum absolute atomic E-state index is 11.6. The third kappa shape index (κ3) is 1.93. The molecule has 0 bridgehead atoms. The van der Waals surface area contributed by atoms with Crippen molar-refractivity contribution >= 4 is 26.8 Å². The van der Waals surface area contributed by atoms with Crippen molar-refractivity contribution < 1.29 is 0 Å². The van der Waals surface area contributed by atoms with Crippen LogP contribution in [0.4, 0.5) is 5.13 Å². The minimum Gasteiger partial charge on any atom is -0.348 e. The largest absolute Gasteiger partial charge is 0.348 e. The number of thiazole rings is 1. The molecule has 0 amide bonds. The van der Waals surface area contributed by atoms with Gasteiger partial charge in [-0.3, -0.25) is 4.79 Å². The summed E-state index contributed by atoms with van der Waals surface area (Å²) in [5, 5.41) is 0.927. The lowest BCUT2D eigenvalue weighted by Gasteiger charge is -2.30. The van der Waals surface area contributed by atoms with E-state index in [1.807, 2.05) is 0 Å². The van der Waals surface area contributed by atoms with Gasteiger partial charge in [-0.25, -0.2) is 4.98 Å². The molecule has 17 heavy (non-hydrogen) atoms. The van der Waals surface area contributed by atoms with E-state index < -0.39 is 0 Å². The van der Waals surface area contributed by atoms with E-state index in [9.17, 15) is 4.79 Å². The van der Waals surface area contributed by atoms with Gasteiger partial charge in [0.05, 0.1) is 6.33 Å². The number of aromatic nitrogens is 3. The zero-order chi connectivity index (χ0) is 11.8. The van der Waals surface area contributed by atoms with Gasteiger partial charge in [0.25, 0.3) is 5.56 Å². The summed E-state index contributed by atoms with van der Waals surface area (Å²) in [6.45, 7) is 4.31. The van der Waals surface area contributed by atoms with Crippen molar-refractivity contribution in [1.82, 2.24) is 15.0 Å². The Hall–Kier alpha value is -1.43. The number of hydrogen-bond donors (Lipinski definition) is 1. The smallest absolute Gasteiger partial charge is 0.270 e. The molecule has 3 rings (SSSR count). The molecule has 1 N–H and O–H groups in total. The average Bonchev–Trinajstić information content (AvgIpc) is 2.74. The molecule has 1 fully saturated rings. The first-order chi connectivity index (χ1) is 8.24. The van der Waals surface area contributed by atoms with Crippen molar-refractivity contribution in [1.29, 1.82) is 0 Å². The molecule has 1 unspecified atom stereocenters. The first-order valence-electron chi connectivity index (χ1n) is 5.83. The van der Waals surface area contributed by atoms with Crippen LogP contribution in [0.5, 0.6) is 0 Å². The fourth-order valence-corrected chi connectivity index (χ4v) is 3.20. The molecule has 1 aliphatic rings. The first-order valence-corrected chi connectivity index (χ1v) is 6.65. The van der Waals surface area contributed by atoms with Gasteiger partial charge in [0.1, 0.15) is 4.70 Å². The quantitative estimate of drug-likeness (QED) is 0.835. The topological polar surface area (TPSA) is 61.9 Å². The Morgan fingerprint density at radius 1 is 1.59 bits per heavy atom. The van der Waals surface area contributed by atoms with Crippen LogP contribution >= 0.6 is 11.3 Å². The predicted molar refractivity (Wildman–Crippen MR) is 68.6 cm³/mol. The number of aromatic amines is 1. The van der Waals surface area contributed by atoms with Gasteiger partial charge >= 0.3 is 0 Å². The second-order valence-electron chi connectivity index (χ2n) is 4.57. The maximum Gasteiger partial charge on any atom is 0.270 e. The highest BCUT2D eigenvalue weighted by molar-refractivity contribution is 7.22. The van der Waals surface area contributed by atoms with E-state index in [2.05, 4.69) is 26.8 Å². The van der Waals surface area contributed by atoms with Gasteiger partial charge in [0.15, 0.2) is 10.8 Å². The molecule has 2 aromatic heterocycles. The summed E-state index contributed by atoms with van der Waals surface area (Å²) in [6.07, 6.45) is 3.88. The normalized spacial score (nSPS) is 21.0. The molecule has 2 aromatic rings. The summed E-state index contributed by atoms with van der Waals surface area (Å²) < 4.78 is 0.626. The summed E-state index contributed by atoms with van der Waals surface area (Å²) in [5.41, 5.74) is 0.468. The number of H-pyrrole nitrogens is 1. The van der Waals surface area contributed by atoms with Crippen molar-refractivity contribution in [2.75, 3.05) is 18.0 Å². The van der Waals surface area contributed by atoms with Gasteiger partial charge in [-0.1, -0.05) is 18.3 Å². The Labute approximate surface area is 103 Å². The molecule has 1 atom stereocenters. The van der Waals surface area contributed by atoms with E-state index >= 15 is 0 Å². The number of rotatable bonds is 1. The number of nitrogens with one attached hydrogen (secondary N) is 1. The Morgan fingerprint density at radius 3 is 3.24 bits per heavy atom. The fraction of sp³-hybridized carbons (Fsp3) is 0.545. The van der Waals surface area contributed by atoms with Gasteiger partial charge in [0.2, 0.25) is 0 Å².